The summed E-state index contributed by atoms with van der Waals surface area (Å²) >= 11 is 0. The van der Waals surface area contributed by atoms with Crippen LogP contribution in [0.4, 0.5) is 4.79 Å². The summed E-state index contributed by atoms with van der Waals surface area (Å²) in [5.74, 6) is 0.578. The lowest BCUT2D eigenvalue weighted by Gasteiger charge is -2.41. The summed E-state index contributed by atoms with van der Waals surface area (Å²) in [4.78, 5) is 16.0. The van der Waals surface area contributed by atoms with Crippen LogP contribution in [-0.2, 0) is 4.74 Å². The third-order valence-electron chi connectivity index (χ3n) is 5.33. The molecule has 3 N–H and O–H groups in total. The normalized spacial score (nSPS) is 24.0. The van der Waals surface area contributed by atoms with E-state index in [0.29, 0.717) is 19.1 Å². The Morgan fingerprint density at radius 3 is 2.79 bits per heavy atom. The van der Waals surface area contributed by atoms with E-state index >= 15 is 0 Å². The third kappa shape index (κ3) is 3.19. The second-order valence-electron chi connectivity index (χ2n) is 7.00. The number of nitrogens with zero attached hydrogens (tertiary/aromatic N) is 2. The first-order valence-electron chi connectivity index (χ1n) is 9.26. The van der Waals surface area contributed by atoms with E-state index in [9.17, 15) is 4.79 Å². The van der Waals surface area contributed by atoms with Gasteiger partial charge in [0.2, 0.25) is 0 Å². The van der Waals surface area contributed by atoms with E-state index in [0.717, 1.165) is 25.3 Å². The first-order valence-corrected chi connectivity index (χ1v) is 9.26. The Morgan fingerprint density at radius 1 is 1.33 bits per heavy atom. The van der Waals surface area contributed by atoms with Gasteiger partial charge in [-0.15, -0.1) is 0 Å². The van der Waals surface area contributed by atoms with Crippen molar-refractivity contribution in [3.8, 4) is 0 Å². The van der Waals surface area contributed by atoms with Gasteiger partial charge in [-0.25, -0.2) is 4.79 Å². The van der Waals surface area contributed by atoms with Gasteiger partial charge in [-0.3, -0.25) is 4.90 Å². The topological polar surface area (TPSA) is 70.8 Å². The summed E-state index contributed by atoms with van der Waals surface area (Å²) in [6, 6.07) is 0.151. The zero-order valence-electron chi connectivity index (χ0n) is 14.9. The molecule has 6 heteroatoms. The van der Waals surface area contributed by atoms with Crippen LogP contribution in [0.25, 0.3) is 0 Å². The van der Waals surface area contributed by atoms with Gasteiger partial charge in [0.15, 0.2) is 0 Å². The highest BCUT2D eigenvalue weighted by molar-refractivity contribution is 5.70. The smallest absolute Gasteiger partial charge is 0.410 e. The predicted molar refractivity (Wildman–Crippen MR) is 94.0 cm³/mol. The van der Waals surface area contributed by atoms with Crippen molar-refractivity contribution < 1.29 is 9.53 Å². The van der Waals surface area contributed by atoms with Crippen molar-refractivity contribution in [2.75, 3.05) is 32.8 Å². The number of hydrogen-bond acceptors (Lipinski definition) is 5. The number of fused-ring (bicyclic) bond motifs is 1. The zero-order chi connectivity index (χ0) is 17.1. The lowest BCUT2D eigenvalue weighted by atomic mass is 9.86. The summed E-state index contributed by atoms with van der Waals surface area (Å²) in [7, 11) is 0. The maximum absolute atomic E-state index is 11.7. The van der Waals surface area contributed by atoms with E-state index in [4.69, 9.17) is 10.5 Å². The molecule has 3 rings (SSSR count). The van der Waals surface area contributed by atoms with Crippen LogP contribution < -0.4 is 11.1 Å². The Bertz CT molecular complexity index is 537. The summed E-state index contributed by atoms with van der Waals surface area (Å²) in [5.41, 5.74) is 9.86. The van der Waals surface area contributed by atoms with Crippen LogP contribution in [0.3, 0.4) is 0 Å². The van der Waals surface area contributed by atoms with E-state index in [-0.39, 0.29) is 12.1 Å². The van der Waals surface area contributed by atoms with Gasteiger partial charge in [0.1, 0.15) is 6.61 Å². The molecule has 3 aliphatic rings. The molecule has 0 aromatic carbocycles. The molecule has 0 aliphatic carbocycles. The van der Waals surface area contributed by atoms with Crippen molar-refractivity contribution in [1.82, 2.24) is 15.1 Å². The van der Waals surface area contributed by atoms with E-state index in [1.54, 1.807) is 0 Å². The number of dihydropyridines is 1. The zero-order valence-corrected chi connectivity index (χ0v) is 14.9. The largest absolute Gasteiger partial charge is 0.447 e. The molecule has 3 heterocycles. The minimum absolute atomic E-state index is 0.151. The Hall–Kier alpha value is -1.85. The lowest BCUT2D eigenvalue weighted by Crippen LogP contribution is -2.52. The van der Waals surface area contributed by atoms with E-state index in [2.05, 4.69) is 24.1 Å². The van der Waals surface area contributed by atoms with Crippen LogP contribution in [0.2, 0.25) is 0 Å². The van der Waals surface area contributed by atoms with E-state index < -0.39 is 0 Å². The van der Waals surface area contributed by atoms with Crippen LogP contribution in [0.1, 0.15) is 39.5 Å². The molecule has 0 bridgehead atoms. The molecule has 0 spiro atoms. The Kier molecular flexibility index (Phi) is 5.21. The third-order valence-corrected chi connectivity index (χ3v) is 5.33. The quantitative estimate of drug-likeness (QED) is 0.777. The molecule has 0 saturated carbocycles. The number of amides is 1. The molecular formula is C18H30N4O2. The second-order valence-corrected chi connectivity index (χ2v) is 7.00. The molecule has 3 aliphatic heterocycles. The maximum atomic E-state index is 11.7. The minimum atomic E-state index is -0.169. The number of piperazine rings is 1. The molecule has 1 unspecified atom stereocenters. The second kappa shape index (κ2) is 7.36. The average Bonchev–Trinajstić information content (AvgIpc) is 2.95. The first-order chi connectivity index (χ1) is 11.7. The van der Waals surface area contributed by atoms with Gasteiger partial charge in [0, 0.05) is 32.4 Å². The fraction of sp³-hybridized carbons (Fsp3) is 0.722. The van der Waals surface area contributed by atoms with Gasteiger partial charge in [-0.1, -0.05) is 26.7 Å². The van der Waals surface area contributed by atoms with Crippen molar-refractivity contribution in [3.63, 3.8) is 0 Å². The first kappa shape index (κ1) is 17.0. The molecule has 0 aromatic heterocycles. The van der Waals surface area contributed by atoms with Crippen molar-refractivity contribution in [2.24, 2.45) is 11.7 Å². The van der Waals surface area contributed by atoms with Gasteiger partial charge in [-0.2, -0.15) is 0 Å². The Labute approximate surface area is 144 Å². The number of nitrogens with one attached hydrogen (secondary N) is 1. The predicted octanol–water partition coefficient (Wildman–Crippen LogP) is 2.00. The van der Waals surface area contributed by atoms with E-state index in [1.807, 2.05) is 11.1 Å². The van der Waals surface area contributed by atoms with Gasteiger partial charge in [0.25, 0.3) is 0 Å². The maximum Gasteiger partial charge on any atom is 0.410 e. The van der Waals surface area contributed by atoms with Crippen molar-refractivity contribution in [3.05, 3.63) is 23.2 Å². The molecule has 24 heavy (non-hydrogen) atoms. The molecule has 1 atom stereocenters. The van der Waals surface area contributed by atoms with Crippen molar-refractivity contribution in [2.45, 2.75) is 45.6 Å². The highest BCUT2D eigenvalue weighted by Gasteiger charge is 2.39. The summed E-state index contributed by atoms with van der Waals surface area (Å²) in [6.07, 6.45) is 6.53. The summed E-state index contributed by atoms with van der Waals surface area (Å²) < 4.78 is 5.20. The number of carbonyl (C=O) groups is 1. The number of rotatable bonds is 6. The number of carbonyl (C=O) groups excluding carboxylic acids is 1. The standard InChI is InChI=1S/C18H30N4O2/c1-3-5-13(6-4-2)15-9-20-10-16(19)17(15)21-7-8-22-14(11-21)12-24-18(22)23/h10,13-14,20H,3-9,11-12,19H2,1-2H3. The summed E-state index contributed by atoms with van der Waals surface area (Å²) in [6.45, 7) is 8.21. The minimum Gasteiger partial charge on any atom is -0.447 e. The summed E-state index contributed by atoms with van der Waals surface area (Å²) in [5, 5.41) is 3.34. The van der Waals surface area contributed by atoms with Gasteiger partial charge in [-0.05, 0) is 24.3 Å². The molecule has 2 fully saturated rings. The van der Waals surface area contributed by atoms with Gasteiger partial charge < -0.3 is 20.7 Å². The van der Waals surface area contributed by atoms with Gasteiger partial charge >= 0.3 is 6.09 Å². The van der Waals surface area contributed by atoms with Gasteiger partial charge in [0.05, 0.1) is 17.4 Å². The average molecular weight is 334 g/mol. The fourth-order valence-corrected chi connectivity index (χ4v) is 4.21. The highest BCUT2D eigenvalue weighted by Crippen LogP contribution is 2.32. The van der Waals surface area contributed by atoms with Crippen LogP contribution in [0, 0.1) is 5.92 Å². The molecule has 0 aromatic rings. The SMILES string of the molecule is CCCC(CCC)C1=C(N2CCN3C(=O)OCC3C2)C(N)=CNC1. The van der Waals surface area contributed by atoms with Crippen LogP contribution >= 0.6 is 0 Å². The highest BCUT2D eigenvalue weighted by atomic mass is 16.6. The lowest BCUT2D eigenvalue weighted by molar-refractivity contribution is 0.136. The van der Waals surface area contributed by atoms with Crippen LogP contribution in [0.5, 0.6) is 0 Å². The van der Waals surface area contributed by atoms with E-state index in [1.165, 1.54) is 37.0 Å². The molecule has 0 radical (unpaired) electrons. The molecule has 134 valence electrons. The molecular weight excluding hydrogens is 304 g/mol. The molecule has 1 amide bonds. The fourth-order valence-electron chi connectivity index (χ4n) is 4.21. The van der Waals surface area contributed by atoms with Crippen LogP contribution in [0.15, 0.2) is 23.2 Å². The molecule has 2 saturated heterocycles. The number of hydrogen-bond donors (Lipinski definition) is 2. The van der Waals surface area contributed by atoms with Crippen molar-refractivity contribution in [1.29, 1.82) is 0 Å². The monoisotopic (exact) mass is 334 g/mol. The number of ether oxygens (including phenoxy) is 1. The number of nitrogens with two attached hydrogens (primary N) is 1. The van der Waals surface area contributed by atoms with Crippen LogP contribution in [-0.4, -0.2) is 54.7 Å². The Morgan fingerprint density at radius 2 is 2.08 bits per heavy atom. The molecule has 6 nitrogen and oxygen atoms in total. The Balaban J connectivity index is 1.86. The van der Waals surface area contributed by atoms with Crippen molar-refractivity contribution >= 4 is 6.09 Å². The number of cyclic esters (lactones) is 1.